The Morgan fingerprint density at radius 2 is 1.42 bits per heavy atom. The molecule has 0 heterocycles. The topological polar surface area (TPSA) is 38.0 Å². The van der Waals surface area contributed by atoms with Crippen LogP contribution >= 0.6 is 0 Å². The van der Waals surface area contributed by atoms with Crippen molar-refractivity contribution in [3.05, 3.63) is 61.3 Å². The third kappa shape index (κ3) is 25.0. The molecule has 0 saturated heterocycles. The van der Waals surface area contributed by atoms with Gasteiger partial charge in [0.25, 0.3) is 0 Å². The van der Waals surface area contributed by atoms with Crippen LogP contribution in [0, 0.1) is 0 Å². The third-order valence-corrected chi connectivity index (χ3v) is 1.69. The van der Waals surface area contributed by atoms with Crippen LogP contribution in [0.15, 0.2) is 61.3 Å². The molecule has 1 aromatic rings. The van der Waals surface area contributed by atoms with Crippen LogP contribution in [0.2, 0.25) is 0 Å². The summed E-state index contributed by atoms with van der Waals surface area (Å²) in [5.74, 6) is 0. The molecule has 0 aliphatic heterocycles. The summed E-state index contributed by atoms with van der Waals surface area (Å²) in [5, 5.41) is 3.16. The summed E-state index contributed by atoms with van der Waals surface area (Å²) in [4.78, 5) is 0. The first-order chi connectivity index (χ1) is 11.8. The summed E-state index contributed by atoms with van der Waals surface area (Å²) in [6.45, 7) is 23.3. The SMILES string of the molecule is C=C/C=C(\C=C)Nc1cccc(N)c1.CC.CC.CC.CC.CF. The largest absolute Gasteiger partial charge is 0.399 e. The highest BCUT2D eigenvalue weighted by Crippen LogP contribution is 2.14. The van der Waals surface area contributed by atoms with Gasteiger partial charge in [0.1, 0.15) is 0 Å². The number of alkyl halides is 1. The number of nitrogen functional groups attached to an aromatic ring is 1. The molecule has 0 aliphatic rings. The number of hydrogen-bond acceptors (Lipinski definition) is 2. The molecule has 24 heavy (non-hydrogen) atoms. The maximum atomic E-state index is 9.50. The van der Waals surface area contributed by atoms with E-state index < -0.39 is 0 Å². The Balaban J connectivity index is -0.000000103. The van der Waals surface area contributed by atoms with Gasteiger partial charge in [-0.05, 0) is 30.4 Å². The lowest BCUT2D eigenvalue weighted by atomic mass is 10.2. The molecule has 0 aromatic heterocycles. The zero-order chi connectivity index (χ0) is 20.4. The van der Waals surface area contributed by atoms with Crippen LogP contribution in [0.3, 0.4) is 0 Å². The highest BCUT2D eigenvalue weighted by Gasteiger charge is 1.93. The van der Waals surface area contributed by atoms with Crippen molar-refractivity contribution >= 4 is 11.4 Å². The number of halogens is 1. The standard InChI is InChI=1S/C12H14N2.4C2H6.CH3F/c1-3-6-11(4-2)14-12-8-5-7-10(13)9-12;5*1-2/h3-9,14H,1-2,13H2;4*1-2H3;1H3/b11-6+;;;;;. The van der Waals surface area contributed by atoms with Crippen molar-refractivity contribution in [3.8, 4) is 0 Å². The maximum Gasteiger partial charge on any atom is 0.0785 e. The van der Waals surface area contributed by atoms with Gasteiger partial charge >= 0.3 is 0 Å². The fourth-order valence-corrected chi connectivity index (χ4v) is 1.07. The summed E-state index contributed by atoms with van der Waals surface area (Å²) in [6.07, 6.45) is 5.28. The number of anilines is 2. The highest BCUT2D eigenvalue weighted by molar-refractivity contribution is 5.58. The fraction of sp³-hybridized carbons (Fsp3) is 0.429. The van der Waals surface area contributed by atoms with Gasteiger partial charge in [0.15, 0.2) is 0 Å². The van der Waals surface area contributed by atoms with E-state index in [2.05, 4.69) is 18.5 Å². The highest BCUT2D eigenvalue weighted by atomic mass is 19.1. The lowest BCUT2D eigenvalue weighted by molar-refractivity contribution is 0.636. The Bertz CT molecular complexity index is 372. The van der Waals surface area contributed by atoms with Crippen LogP contribution in [-0.2, 0) is 0 Å². The Morgan fingerprint density at radius 3 is 1.75 bits per heavy atom. The molecule has 0 fully saturated rings. The van der Waals surface area contributed by atoms with Crippen molar-refractivity contribution in [2.45, 2.75) is 55.4 Å². The van der Waals surface area contributed by atoms with Crippen molar-refractivity contribution in [1.29, 1.82) is 0 Å². The first-order valence-electron chi connectivity index (χ1n) is 8.72. The second-order valence-corrected chi connectivity index (χ2v) is 2.81. The Kier molecular flexibility index (Phi) is 52.2. The number of hydrogen-bond donors (Lipinski definition) is 2. The average Bonchev–Trinajstić information content (AvgIpc) is 2.69. The van der Waals surface area contributed by atoms with Crippen LogP contribution in [0.1, 0.15) is 55.4 Å². The third-order valence-electron chi connectivity index (χ3n) is 1.69. The second-order valence-electron chi connectivity index (χ2n) is 2.81. The summed E-state index contributed by atoms with van der Waals surface area (Å²) < 4.78 is 9.50. The quantitative estimate of drug-likeness (QED) is 0.437. The minimum Gasteiger partial charge on any atom is -0.399 e. The van der Waals surface area contributed by atoms with Crippen LogP contribution in [-0.4, -0.2) is 7.18 Å². The molecular weight excluding hydrogens is 299 g/mol. The van der Waals surface area contributed by atoms with Crippen molar-refractivity contribution in [1.82, 2.24) is 0 Å². The average molecular weight is 341 g/mol. The molecule has 0 saturated carbocycles. The smallest absolute Gasteiger partial charge is 0.0785 e. The van der Waals surface area contributed by atoms with Crippen molar-refractivity contribution in [2.75, 3.05) is 18.2 Å². The molecule has 0 radical (unpaired) electrons. The maximum absolute atomic E-state index is 9.50. The number of allylic oxidation sites excluding steroid dienone is 3. The second kappa shape index (κ2) is 37.3. The van der Waals surface area contributed by atoms with Crippen molar-refractivity contribution in [3.63, 3.8) is 0 Å². The van der Waals surface area contributed by atoms with Gasteiger partial charge in [-0.25, -0.2) is 0 Å². The van der Waals surface area contributed by atoms with Crippen LogP contribution in [0.5, 0.6) is 0 Å². The number of benzene rings is 1. The molecule has 3 N–H and O–H groups in total. The van der Waals surface area contributed by atoms with Gasteiger partial charge in [0.2, 0.25) is 0 Å². The van der Waals surface area contributed by atoms with Gasteiger partial charge in [0, 0.05) is 17.1 Å². The van der Waals surface area contributed by atoms with E-state index >= 15 is 0 Å². The van der Waals surface area contributed by atoms with Gasteiger partial charge in [0.05, 0.1) is 7.18 Å². The lowest BCUT2D eigenvalue weighted by Crippen LogP contribution is -1.96. The molecule has 1 rings (SSSR count). The minimum atomic E-state index is 0.500. The first kappa shape index (κ1) is 33.5. The molecule has 0 atom stereocenters. The molecule has 0 aliphatic carbocycles. The van der Waals surface area contributed by atoms with Gasteiger partial charge in [-0.15, -0.1) is 0 Å². The van der Waals surface area contributed by atoms with Crippen LogP contribution < -0.4 is 11.1 Å². The molecule has 1 aromatic carbocycles. The van der Waals surface area contributed by atoms with Crippen molar-refractivity contribution in [2.24, 2.45) is 0 Å². The number of nitrogens with two attached hydrogens (primary N) is 1. The normalized spacial score (nSPS) is 7.50. The Hall–Kier alpha value is -2.03. The van der Waals surface area contributed by atoms with E-state index in [0.29, 0.717) is 7.18 Å². The predicted molar refractivity (Wildman–Crippen MR) is 115 cm³/mol. The molecule has 2 nitrogen and oxygen atoms in total. The molecule has 0 bridgehead atoms. The van der Waals surface area contributed by atoms with Gasteiger partial charge in [-0.2, -0.15) is 0 Å². The van der Waals surface area contributed by atoms with E-state index in [1.165, 1.54) is 0 Å². The predicted octanol–water partition coefficient (Wildman–Crippen LogP) is 7.63. The van der Waals surface area contributed by atoms with Crippen LogP contribution in [0.4, 0.5) is 15.8 Å². The molecule has 0 unspecified atom stereocenters. The van der Waals surface area contributed by atoms with Crippen LogP contribution in [0.25, 0.3) is 0 Å². The number of rotatable bonds is 4. The van der Waals surface area contributed by atoms with E-state index in [-0.39, 0.29) is 0 Å². The molecule has 0 amide bonds. The lowest BCUT2D eigenvalue weighted by Gasteiger charge is -2.06. The summed E-state index contributed by atoms with van der Waals surface area (Å²) in [6, 6.07) is 7.54. The van der Waals surface area contributed by atoms with E-state index in [9.17, 15) is 4.39 Å². The first-order valence-corrected chi connectivity index (χ1v) is 8.72. The summed E-state index contributed by atoms with van der Waals surface area (Å²) in [5.41, 5.74) is 8.21. The van der Waals surface area contributed by atoms with Gasteiger partial charge < -0.3 is 11.1 Å². The Labute approximate surface area is 151 Å². The molecule has 0 spiro atoms. The Morgan fingerprint density at radius 1 is 0.958 bits per heavy atom. The number of nitrogens with one attached hydrogen (secondary N) is 1. The monoisotopic (exact) mass is 340 g/mol. The van der Waals surface area contributed by atoms with E-state index in [4.69, 9.17) is 5.73 Å². The molecule has 142 valence electrons. The van der Waals surface area contributed by atoms with Crippen molar-refractivity contribution < 1.29 is 4.39 Å². The van der Waals surface area contributed by atoms with Gasteiger partial charge in [-0.3, -0.25) is 4.39 Å². The van der Waals surface area contributed by atoms with E-state index in [0.717, 1.165) is 17.1 Å². The zero-order valence-electron chi connectivity index (χ0n) is 17.4. The summed E-state index contributed by atoms with van der Waals surface area (Å²) >= 11 is 0. The molecule has 3 heteroatoms. The van der Waals surface area contributed by atoms with Gasteiger partial charge in [-0.1, -0.05) is 80.7 Å². The fourth-order valence-electron chi connectivity index (χ4n) is 1.07. The minimum absolute atomic E-state index is 0.500. The zero-order valence-corrected chi connectivity index (χ0v) is 17.4. The van der Waals surface area contributed by atoms with E-state index in [1.807, 2.05) is 85.7 Å². The van der Waals surface area contributed by atoms with E-state index in [1.54, 1.807) is 12.2 Å². The molecular formula is C21H41FN2. The summed E-state index contributed by atoms with van der Waals surface area (Å²) in [7, 11) is 0.500.